The van der Waals surface area contributed by atoms with Gasteiger partial charge in [0.1, 0.15) is 0 Å². The molecule has 1 heterocycles. The summed E-state index contributed by atoms with van der Waals surface area (Å²) >= 11 is 0. The second-order valence-corrected chi connectivity index (χ2v) is 7.96. The van der Waals surface area contributed by atoms with Gasteiger partial charge in [0.2, 0.25) is 0 Å². The molecule has 0 aliphatic carbocycles. The van der Waals surface area contributed by atoms with E-state index in [0.29, 0.717) is 5.92 Å². The topological polar surface area (TPSA) is 3.24 Å². The predicted octanol–water partition coefficient (Wildman–Crippen LogP) is 8.43. The first-order valence-electron chi connectivity index (χ1n) is 11.5. The Morgan fingerprint density at radius 1 is 0.758 bits per heavy atom. The highest BCUT2D eigenvalue weighted by Gasteiger charge is 2.24. The Balaban J connectivity index is 0.000000327. The normalized spacial score (nSPS) is 15.1. The van der Waals surface area contributed by atoms with Gasteiger partial charge >= 0.3 is 0 Å². The monoisotopic (exact) mass is 435 g/mol. The van der Waals surface area contributed by atoms with Crippen molar-refractivity contribution in [2.24, 2.45) is 0 Å². The fourth-order valence-electron chi connectivity index (χ4n) is 3.83. The molecule has 3 aromatic rings. The van der Waals surface area contributed by atoms with Gasteiger partial charge in [-0.2, -0.15) is 0 Å². The second-order valence-electron chi connectivity index (χ2n) is 7.96. The molecule has 0 saturated heterocycles. The molecule has 1 unspecified atom stereocenters. The van der Waals surface area contributed by atoms with Crippen molar-refractivity contribution < 1.29 is 0 Å². The van der Waals surface area contributed by atoms with E-state index in [-0.39, 0.29) is 0 Å². The second kappa shape index (κ2) is 14.6. The average Bonchev–Trinajstić information content (AvgIpc) is 2.88. The van der Waals surface area contributed by atoms with E-state index in [1.165, 1.54) is 27.8 Å². The third-order valence-electron chi connectivity index (χ3n) is 5.43. The molecule has 3 aromatic carbocycles. The minimum absolute atomic E-state index is 0.452. The van der Waals surface area contributed by atoms with Crippen molar-refractivity contribution in [2.45, 2.75) is 26.3 Å². The van der Waals surface area contributed by atoms with Crippen molar-refractivity contribution in [3.63, 3.8) is 0 Å². The quantitative estimate of drug-likeness (QED) is 0.372. The number of likely N-dealkylation sites (N-methyl/N-ethyl adjacent to an activating group) is 1. The van der Waals surface area contributed by atoms with E-state index in [2.05, 4.69) is 104 Å². The molecule has 0 fully saturated rings. The highest BCUT2D eigenvalue weighted by molar-refractivity contribution is 5.65. The van der Waals surface area contributed by atoms with Crippen LogP contribution in [0.2, 0.25) is 0 Å². The van der Waals surface area contributed by atoms with E-state index in [4.69, 9.17) is 0 Å². The molecular weight excluding hydrogens is 398 g/mol. The summed E-state index contributed by atoms with van der Waals surface area (Å²) in [6.45, 7) is 12.8. The van der Waals surface area contributed by atoms with Gasteiger partial charge in [-0.1, -0.05) is 128 Å². The van der Waals surface area contributed by atoms with E-state index in [1.807, 2.05) is 38.2 Å². The molecule has 1 heteroatoms. The lowest BCUT2D eigenvalue weighted by molar-refractivity contribution is 0.295. The molecule has 0 saturated carbocycles. The summed E-state index contributed by atoms with van der Waals surface area (Å²) < 4.78 is 0. The van der Waals surface area contributed by atoms with Crippen molar-refractivity contribution in [1.29, 1.82) is 0 Å². The Kier molecular flexibility index (Phi) is 11.4. The number of allylic oxidation sites excluding steroid dienone is 6. The summed E-state index contributed by atoms with van der Waals surface area (Å²) in [5.41, 5.74) is 6.95. The van der Waals surface area contributed by atoms with Gasteiger partial charge in [0.05, 0.1) is 0 Å². The lowest BCUT2D eigenvalue weighted by atomic mass is 9.83. The maximum atomic E-state index is 3.36. The van der Waals surface area contributed by atoms with Gasteiger partial charge in [0.25, 0.3) is 0 Å². The standard InChI is InChI=1S/C22H21N.C6H10.C4H6/c1-23-15-20-13-12-19(17-8-4-2-5-9-17)14-21(20)22(16-23)18-10-6-3-7-11-18;1-3-5-6-4-2;1-3-4-2/h2-14,22H,15-16H2,1H3;3-6H,1-2H3;3-4H,1-2H2/b;5-3-,6-4-;. The zero-order chi connectivity index (χ0) is 23.9. The van der Waals surface area contributed by atoms with Gasteiger partial charge in [-0.05, 0) is 48.7 Å². The Hall–Kier alpha value is -3.42. The first-order valence-corrected chi connectivity index (χ1v) is 11.5. The molecule has 1 atom stereocenters. The van der Waals surface area contributed by atoms with Gasteiger partial charge in [0, 0.05) is 19.0 Å². The minimum Gasteiger partial charge on any atom is -0.301 e. The molecule has 0 N–H and O–H groups in total. The van der Waals surface area contributed by atoms with Gasteiger partial charge in [-0.25, -0.2) is 0 Å². The molecule has 0 radical (unpaired) electrons. The SMILES string of the molecule is C/C=C\C=C/C.C=CC=C.CN1Cc2ccc(-c3ccccc3)cc2C(c2ccccc2)C1. The Morgan fingerprint density at radius 3 is 1.88 bits per heavy atom. The van der Waals surface area contributed by atoms with Crippen LogP contribution in [0, 0.1) is 0 Å². The molecular formula is C32H37N. The van der Waals surface area contributed by atoms with Crippen molar-refractivity contribution in [3.8, 4) is 11.1 Å². The molecule has 170 valence electrons. The summed E-state index contributed by atoms with van der Waals surface area (Å²) in [6.07, 6.45) is 11.3. The van der Waals surface area contributed by atoms with Crippen molar-refractivity contribution in [1.82, 2.24) is 4.90 Å². The first kappa shape index (κ1) is 25.8. The third kappa shape index (κ3) is 8.21. The molecule has 1 aliphatic heterocycles. The largest absolute Gasteiger partial charge is 0.301 e. The van der Waals surface area contributed by atoms with Crippen LogP contribution in [-0.4, -0.2) is 18.5 Å². The van der Waals surface area contributed by atoms with Crippen molar-refractivity contribution in [2.75, 3.05) is 13.6 Å². The maximum Gasteiger partial charge on any atom is 0.0234 e. The van der Waals surface area contributed by atoms with Crippen LogP contribution in [0.4, 0.5) is 0 Å². The molecule has 0 bridgehead atoms. The van der Waals surface area contributed by atoms with E-state index < -0.39 is 0 Å². The predicted molar refractivity (Wildman–Crippen MR) is 147 cm³/mol. The minimum atomic E-state index is 0.452. The number of nitrogens with zero attached hydrogens (tertiary/aromatic N) is 1. The van der Waals surface area contributed by atoms with E-state index >= 15 is 0 Å². The third-order valence-corrected chi connectivity index (χ3v) is 5.43. The number of rotatable bonds is 4. The molecule has 1 nitrogen and oxygen atoms in total. The van der Waals surface area contributed by atoms with Gasteiger partial charge < -0.3 is 4.90 Å². The zero-order valence-corrected chi connectivity index (χ0v) is 20.3. The van der Waals surface area contributed by atoms with Crippen LogP contribution in [0.15, 0.2) is 128 Å². The number of hydrogen-bond donors (Lipinski definition) is 0. The fraction of sp³-hybridized carbons (Fsp3) is 0.188. The first-order chi connectivity index (χ1) is 16.1. The Labute approximate surface area is 201 Å². The summed E-state index contributed by atoms with van der Waals surface area (Å²) in [6, 6.07) is 28.5. The van der Waals surface area contributed by atoms with Crippen molar-refractivity contribution >= 4 is 0 Å². The highest BCUT2D eigenvalue weighted by Crippen LogP contribution is 2.35. The van der Waals surface area contributed by atoms with Crippen LogP contribution in [-0.2, 0) is 6.54 Å². The summed E-state index contributed by atoms with van der Waals surface area (Å²) in [7, 11) is 2.21. The van der Waals surface area contributed by atoms with Crippen LogP contribution in [0.25, 0.3) is 11.1 Å². The number of benzene rings is 3. The average molecular weight is 436 g/mol. The van der Waals surface area contributed by atoms with Gasteiger partial charge in [-0.3, -0.25) is 0 Å². The lowest BCUT2D eigenvalue weighted by Gasteiger charge is -2.33. The van der Waals surface area contributed by atoms with Crippen LogP contribution in [0.5, 0.6) is 0 Å². The van der Waals surface area contributed by atoms with Crippen LogP contribution >= 0.6 is 0 Å². The Bertz CT molecular complexity index is 1010. The number of hydrogen-bond acceptors (Lipinski definition) is 1. The van der Waals surface area contributed by atoms with E-state index in [0.717, 1.165) is 13.1 Å². The van der Waals surface area contributed by atoms with Crippen molar-refractivity contribution in [3.05, 3.63) is 145 Å². The zero-order valence-electron chi connectivity index (χ0n) is 20.3. The van der Waals surface area contributed by atoms with E-state index in [9.17, 15) is 0 Å². The summed E-state index contributed by atoms with van der Waals surface area (Å²) in [4.78, 5) is 2.42. The number of fused-ring (bicyclic) bond motifs is 1. The van der Waals surface area contributed by atoms with Crippen LogP contribution in [0.3, 0.4) is 0 Å². The highest BCUT2D eigenvalue weighted by atomic mass is 15.1. The molecule has 33 heavy (non-hydrogen) atoms. The van der Waals surface area contributed by atoms with Crippen LogP contribution in [0.1, 0.15) is 36.5 Å². The van der Waals surface area contributed by atoms with Crippen LogP contribution < -0.4 is 0 Å². The maximum absolute atomic E-state index is 3.36. The Morgan fingerprint density at radius 2 is 1.33 bits per heavy atom. The molecule has 4 rings (SSSR count). The molecule has 1 aliphatic rings. The molecule has 0 amide bonds. The van der Waals surface area contributed by atoms with E-state index in [1.54, 1.807) is 12.2 Å². The smallest absolute Gasteiger partial charge is 0.0234 e. The summed E-state index contributed by atoms with van der Waals surface area (Å²) in [5.74, 6) is 0.452. The van der Waals surface area contributed by atoms with Gasteiger partial charge in [0.15, 0.2) is 0 Å². The lowest BCUT2D eigenvalue weighted by Crippen LogP contribution is -2.30. The molecule has 0 aromatic heterocycles. The van der Waals surface area contributed by atoms with Gasteiger partial charge in [-0.15, -0.1) is 0 Å². The summed E-state index contributed by atoms with van der Waals surface area (Å²) in [5, 5.41) is 0. The fourth-order valence-corrected chi connectivity index (χ4v) is 3.83. The molecule has 0 spiro atoms.